The number of nitrogens with zero attached hydrogens (tertiary/aromatic N) is 4. The molecule has 0 atom stereocenters. The monoisotopic (exact) mass is 256 g/mol. The third-order valence-corrected chi connectivity index (χ3v) is 3.81. The first kappa shape index (κ1) is 11.7. The Kier molecular flexibility index (Phi) is 2.94. The number of hydrogen-bond acceptors (Lipinski definition) is 5. The first-order valence-corrected chi connectivity index (χ1v) is 6.31. The Morgan fingerprint density at radius 2 is 2.29 bits per heavy atom. The Bertz CT molecular complexity index is 614. The van der Waals surface area contributed by atoms with E-state index in [2.05, 4.69) is 25.1 Å². The standard InChI is InChI=1S/C8H12N6O2S/c1-6-7(3-9-12-6)17(15,16)11-4-8-13-10-5-14(8)2/h3,5,11H,4H2,1-2H3,(H,9,12). The first-order valence-electron chi connectivity index (χ1n) is 4.83. The third-order valence-electron chi connectivity index (χ3n) is 2.30. The average Bonchev–Trinajstić information content (AvgIpc) is 2.85. The van der Waals surface area contributed by atoms with Crippen molar-refractivity contribution < 1.29 is 8.42 Å². The van der Waals surface area contributed by atoms with Crippen molar-refractivity contribution in [2.45, 2.75) is 18.4 Å². The minimum atomic E-state index is -3.57. The van der Waals surface area contributed by atoms with Gasteiger partial charge in [-0.15, -0.1) is 10.2 Å². The number of hydrogen-bond donors (Lipinski definition) is 2. The SMILES string of the molecule is Cc1[nH]ncc1S(=O)(=O)NCc1nncn1C. The van der Waals surface area contributed by atoms with E-state index >= 15 is 0 Å². The van der Waals surface area contributed by atoms with Gasteiger partial charge in [0.15, 0.2) is 0 Å². The Balaban J connectivity index is 2.15. The fourth-order valence-electron chi connectivity index (χ4n) is 1.32. The fraction of sp³-hybridized carbons (Fsp3) is 0.375. The van der Waals surface area contributed by atoms with Gasteiger partial charge in [0.05, 0.1) is 18.4 Å². The molecule has 0 unspecified atom stereocenters. The molecule has 0 aromatic carbocycles. The molecule has 17 heavy (non-hydrogen) atoms. The summed E-state index contributed by atoms with van der Waals surface area (Å²) < 4.78 is 27.9. The van der Waals surface area contributed by atoms with E-state index < -0.39 is 10.0 Å². The largest absolute Gasteiger partial charge is 0.320 e. The quantitative estimate of drug-likeness (QED) is 0.754. The van der Waals surface area contributed by atoms with Gasteiger partial charge in [0.2, 0.25) is 10.0 Å². The second kappa shape index (κ2) is 4.26. The van der Waals surface area contributed by atoms with E-state index in [4.69, 9.17) is 0 Å². The van der Waals surface area contributed by atoms with Gasteiger partial charge in [-0.05, 0) is 6.92 Å². The zero-order valence-electron chi connectivity index (χ0n) is 9.38. The molecule has 0 fully saturated rings. The third kappa shape index (κ3) is 2.34. The number of sulfonamides is 1. The normalized spacial score (nSPS) is 11.9. The molecule has 0 aliphatic carbocycles. The summed E-state index contributed by atoms with van der Waals surface area (Å²) in [5.74, 6) is 0.537. The van der Waals surface area contributed by atoms with Crippen LogP contribution in [0.15, 0.2) is 17.4 Å². The first-order chi connectivity index (χ1) is 8.00. The van der Waals surface area contributed by atoms with E-state index in [0.29, 0.717) is 11.5 Å². The Morgan fingerprint density at radius 3 is 2.82 bits per heavy atom. The van der Waals surface area contributed by atoms with Crippen LogP contribution in [0.4, 0.5) is 0 Å². The predicted octanol–water partition coefficient (Wildman–Crippen LogP) is -0.675. The Morgan fingerprint density at radius 1 is 1.53 bits per heavy atom. The summed E-state index contributed by atoms with van der Waals surface area (Å²) in [5, 5.41) is 13.7. The van der Waals surface area contributed by atoms with Crippen LogP contribution in [0.25, 0.3) is 0 Å². The average molecular weight is 256 g/mol. The van der Waals surface area contributed by atoms with Crippen LogP contribution in [0.1, 0.15) is 11.5 Å². The van der Waals surface area contributed by atoms with Gasteiger partial charge in [0.1, 0.15) is 17.0 Å². The number of rotatable bonds is 4. The molecule has 0 bridgehead atoms. The smallest absolute Gasteiger partial charge is 0.244 e. The molecule has 2 heterocycles. The number of nitrogens with one attached hydrogen (secondary N) is 2. The molecule has 8 nitrogen and oxygen atoms in total. The van der Waals surface area contributed by atoms with Crippen molar-refractivity contribution >= 4 is 10.0 Å². The molecular weight excluding hydrogens is 244 g/mol. The molecule has 0 radical (unpaired) electrons. The van der Waals surface area contributed by atoms with Gasteiger partial charge < -0.3 is 4.57 Å². The highest BCUT2D eigenvalue weighted by molar-refractivity contribution is 7.89. The van der Waals surface area contributed by atoms with Gasteiger partial charge in [0, 0.05) is 7.05 Å². The lowest BCUT2D eigenvalue weighted by Crippen LogP contribution is -2.25. The molecular formula is C8H12N6O2S. The van der Waals surface area contributed by atoms with Gasteiger partial charge in [0.25, 0.3) is 0 Å². The van der Waals surface area contributed by atoms with E-state index in [-0.39, 0.29) is 11.4 Å². The number of aromatic amines is 1. The van der Waals surface area contributed by atoms with Gasteiger partial charge in [-0.2, -0.15) is 5.10 Å². The van der Waals surface area contributed by atoms with E-state index in [0.717, 1.165) is 0 Å². The van der Waals surface area contributed by atoms with Crippen LogP contribution in [0.2, 0.25) is 0 Å². The maximum Gasteiger partial charge on any atom is 0.244 e. The van der Waals surface area contributed by atoms with E-state index in [1.165, 1.54) is 12.5 Å². The minimum absolute atomic E-state index is 0.0868. The van der Waals surface area contributed by atoms with Crippen molar-refractivity contribution in [2.24, 2.45) is 7.05 Å². The van der Waals surface area contributed by atoms with Crippen molar-refractivity contribution in [2.75, 3.05) is 0 Å². The summed E-state index contributed by atoms with van der Waals surface area (Å²) in [6.07, 6.45) is 2.78. The van der Waals surface area contributed by atoms with Crippen LogP contribution in [-0.4, -0.2) is 33.4 Å². The van der Waals surface area contributed by atoms with Crippen molar-refractivity contribution in [1.82, 2.24) is 29.7 Å². The van der Waals surface area contributed by atoms with Crippen LogP contribution in [0.5, 0.6) is 0 Å². The van der Waals surface area contributed by atoms with E-state index in [1.807, 2.05) is 0 Å². The Hall–Kier alpha value is -1.74. The molecule has 0 saturated heterocycles. The molecule has 2 aromatic heterocycles. The number of aryl methyl sites for hydroxylation is 2. The molecule has 0 aliphatic heterocycles. The zero-order chi connectivity index (χ0) is 12.5. The van der Waals surface area contributed by atoms with Crippen molar-refractivity contribution in [3.63, 3.8) is 0 Å². The van der Waals surface area contributed by atoms with E-state index in [1.54, 1.807) is 18.5 Å². The summed E-state index contributed by atoms with van der Waals surface area (Å²) in [6, 6.07) is 0. The maximum absolute atomic E-state index is 11.9. The molecule has 0 spiro atoms. The van der Waals surface area contributed by atoms with Crippen LogP contribution in [0.3, 0.4) is 0 Å². The summed E-state index contributed by atoms with van der Waals surface area (Å²) in [5.41, 5.74) is 0.496. The zero-order valence-corrected chi connectivity index (χ0v) is 10.2. The highest BCUT2D eigenvalue weighted by Gasteiger charge is 2.18. The summed E-state index contributed by atoms with van der Waals surface area (Å²) >= 11 is 0. The highest BCUT2D eigenvalue weighted by Crippen LogP contribution is 2.10. The second-order valence-corrected chi connectivity index (χ2v) is 5.28. The molecule has 2 rings (SSSR count). The molecule has 0 aliphatic rings. The fourth-order valence-corrected chi connectivity index (χ4v) is 2.43. The number of aromatic nitrogens is 5. The molecule has 2 aromatic rings. The van der Waals surface area contributed by atoms with Crippen molar-refractivity contribution in [3.8, 4) is 0 Å². The van der Waals surface area contributed by atoms with Gasteiger partial charge >= 0.3 is 0 Å². The minimum Gasteiger partial charge on any atom is -0.320 e. The van der Waals surface area contributed by atoms with Crippen molar-refractivity contribution in [3.05, 3.63) is 24.0 Å². The van der Waals surface area contributed by atoms with Crippen LogP contribution >= 0.6 is 0 Å². The molecule has 9 heteroatoms. The molecule has 0 amide bonds. The summed E-state index contributed by atoms with van der Waals surface area (Å²) in [6.45, 7) is 1.73. The maximum atomic E-state index is 11.9. The lowest BCUT2D eigenvalue weighted by atomic mass is 10.5. The second-order valence-electron chi connectivity index (χ2n) is 3.54. The van der Waals surface area contributed by atoms with Crippen LogP contribution < -0.4 is 4.72 Å². The number of H-pyrrole nitrogens is 1. The van der Waals surface area contributed by atoms with E-state index in [9.17, 15) is 8.42 Å². The lowest BCUT2D eigenvalue weighted by molar-refractivity contribution is 0.577. The Labute approximate surface area is 98.1 Å². The van der Waals surface area contributed by atoms with Gasteiger partial charge in [-0.3, -0.25) is 5.10 Å². The topological polar surface area (TPSA) is 106 Å². The van der Waals surface area contributed by atoms with Gasteiger partial charge in [-0.1, -0.05) is 0 Å². The molecule has 2 N–H and O–H groups in total. The molecule has 0 saturated carbocycles. The van der Waals surface area contributed by atoms with Crippen LogP contribution in [0, 0.1) is 6.92 Å². The summed E-state index contributed by atoms with van der Waals surface area (Å²) in [4.78, 5) is 0.139. The van der Waals surface area contributed by atoms with Crippen LogP contribution in [-0.2, 0) is 23.6 Å². The summed E-state index contributed by atoms with van der Waals surface area (Å²) in [7, 11) is -1.82. The highest BCUT2D eigenvalue weighted by atomic mass is 32.2. The predicted molar refractivity (Wildman–Crippen MR) is 58.4 cm³/mol. The van der Waals surface area contributed by atoms with Gasteiger partial charge in [-0.25, -0.2) is 13.1 Å². The lowest BCUT2D eigenvalue weighted by Gasteiger charge is -2.04. The van der Waals surface area contributed by atoms with Crippen molar-refractivity contribution in [1.29, 1.82) is 0 Å². The molecule has 92 valence electrons.